The second-order valence-electron chi connectivity index (χ2n) is 6.03. The summed E-state index contributed by atoms with van der Waals surface area (Å²) in [7, 11) is 0. The maximum Gasteiger partial charge on any atom is 0.219 e. The third-order valence-electron chi connectivity index (χ3n) is 3.26. The zero-order valence-electron chi connectivity index (χ0n) is 14.9. The van der Waals surface area contributed by atoms with Gasteiger partial charge in [0.15, 0.2) is 5.96 Å². The van der Waals surface area contributed by atoms with Crippen molar-refractivity contribution in [3.8, 4) is 11.6 Å². The third-order valence-corrected chi connectivity index (χ3v) is 3.26. The average molecular weight is 344 g/mol. The molecule has 0 saturated carbocycles. The van der Waals surface area contributed by atoms with Gasteiger partial charge >= 0.3 is 0 Å². The summed E-state index contributed by atoms with van der Waals surface area (Å²) in [5.41, 5.74) is 0.966. The summed E-state index contributed by atoms with van der Waals surface area (Å²) < 4.78 is 18.7. The number of nitrogens with one attached hydrogen (secondary N) is 2. The Morgan fingerprint density at radius 3 is 2.72 bits per heavy atom. The van der Waals surface area contributed by atoms with Crippen LogP contribution in [0.4, 0.5) is 4.39 Å². The molecule has 1 aromatic carbocycles. The zero-order valence-corrected chi connectivity index (χ0v) is 14.9. The van der Waals surface area contributed by atoms with E-state index in [-0.39, 0.29) is 5.82 Å². The normalized spacial score (nSPS) is 11.5. The lowest BCUT2D eigenvalue weighted by atomic mass is 10.2. The van der Waals surface area contributed by atoms with Crippen molar-refractivity contribution >= 4 is 5.96 Å². The molecule has 6 heteroatoms. The first-order valence-corrected chi connectivity index (χ1v) is 8.47. The van der Waals surface area contributed by atoms with Crippen LogP contribution in [0.1, 0.15) is 26.3 Å². The van der Waals surface area contributed by atoms with Crippen molar-refractivity contribution in [2.24, 2.45) is 10.9 Å². The number of aromatic nitrogens is 1. The number of hydrogen-bond acceptors (Lipinski definition) is 3. The fraction of sp³-hybridized carbons (Fsp3) is 0.368. The van der Waals surface area contributed by atoms with Crippen LogP contribution in [-0.4, -0.2) is 24.0 Å². The van der Waals surface area contributed by atoms with Crippen molar-refractivity contribution < 1.29 is 9.13 Å². The van der Waals surface area contributed by atoms with E-state index in [0.29, 0.717) is 24.1 Å². The molecule has 2 N–H and O–H groups in total. The lowest BCUT2D eigenvalue weighted by Gasteiger charge is -2.13. The fourth-order valence-electron chi connectivity index (χ4n) is 2.03. The van der Waals surface area contributed by atoms with E-state index in [1.54, 1.807) is 24.4 Å². The van der Waals surface area contributed by atoms with Gasteiger partial charge < -0.3 is 15.4 Å². The first kappa shape index (κ1) is 18.7. The minimum Gasteiger partial charge on any atom is -0.439 e. The number of nitrogens with zero attached hydrogens (tertiary/aromatic N) is 2. The van der Waals surface area contributed by atoms with Crippen LogP contribution >= 0.6 is 0 Å². The number of ether oxygens (including phenoxy) is 1. The number of pyridine rings is 1. The van der Waals surface area contributed by atoms with Crippen molar-refractivity contribution in [1.82, 2.24) is 15.6 Å². The van der Waals surface area contributed by atoms with Gasteiger partial charge in [0.2, 0.25) is 5.88 Å². The van der Waals surface area contributed by atoms with E-state index in [1.165, 1.54) is 12.1 Å². The number of benzene rings is 1. The highest BCUT2D eigenvalue weighted by molar-refractivity contribution is 5.79. The Hall–Kier alpha value is -2.63. The molecule has 1 aromatic heterocycles. The first-order valence-electron chi connectivity index (χ1n) is 8.47. The van der Waals surface area contributed by atoms with Crippen LogP contribution in [0.2, 0.25) is 0 Å². The Bertz CT molecular complexity index is 686. The summed E-state index contributed by atoms with van der Waals surface area (Å²) >= 11 is 0. The van der Waals surface area contributed by atoms with Gasteiger partial charge in [-0.3, -0.25) is 0 Å². The Kier molecular flexibility index (Phi) is 7.19. The van der Waals surface area contributed by atoms with E-state index >= 15 is 0 Å². The van der Waals surface area contributed by atoms with Crippen molar-refractivity contribution in [3.63, 3.8) is 0 Å². The molecule has 1 heterocycles. The van der Waals surface area contributed by atoms with Crippen LogP contribution in [0, 0.1) is 11.7 Å². The molecular formula is C19H25FN4O. The summed E-state index contributed by atoms with van der Waals surface area (Å²) in [5, 5.41) is 6.51. The summed E-state index contributed by atoms with van der Waals surface area (Å²) in [6, 6.07) is 9.63. The third kappa shape index (κ3) is 6.79. The number of guanidine groups is 1. The topological polar surface area (TPSA) is 58.5 Å². The van der Waals surface area contributed by atoms with Crippen molar-refractivity contribution in [1.29, 1.82) is 0 Å². The summed E-state index contributed by atoms with van der Waals surface area (Å²) in [4.78, 5) is 8.79. The quantitative estimate of drug-likeness (QED) is 0.594. The van der Waals surface area contributed by atoms with Gasteiger partial charge in [-0.05, 0) is 30.5 Å². The Labute approximate surface area is 148 Å². The van der Waals surface area contributed by atoms with E-state index in [9.17, 15) is 4.39 Å². The molecule has 0 unspecified atom stereocenters. The molecule has 0 amide bonds. The molecule has 0 aliphatic carbocycles. The molecule has 0 radical (unpaired) electrons. The van der Waals surface area contributed by atoms with Gasteiger partial charge in [0.05, 0.1) is 6.54 Å². The smallest absolute Gasteiger partial charge is 0.219 e. The van der Waals surface area contributed by atoms with Gasteiger partial charge in [-0.15, -0.1) is 0 Å². The van der Waals surface area contributed by atoms with Crippen molar-refractivity contribution in [2.75, 3.05) is 13.1 Å². The minimum atomic E-state index is -0.340. The maximum absolute atomic E-state index is 13.2. The molecule has 0 aliphatic heterocycles. The molecule has 5 nitrogen and oxygen atoms in total. The number of rotatable bonds is 7. The Morgan fingerprint density at radius 1 is 1.24 bits per heavy atom. The van der Waals surface area contributed by atoms with Crippen molar-refractivity contribution in [3.05, 3.63) is 54.0 Å². The Balaban J connectivity index is 1.95. The second kappa shape index (κ2) is 9.61. The maximum atomic E-state index is 13.2. The van der Waals surface area contributed by atoms with Gasteiger partial charge in [0.1, 0.15) is 11.6 Å². The molecular weight excluding hydrogens is 319 g/mol. The zero-order chi connectivity index (χ0) is 18.1. The molecule has 0 saturated heterocycles. The largest absolute Gasteiger partial charge is 0.439 e. The highest BCUT2D eigenvalue weighted by atomic mass is 19.1. The Morgan fingerprint density at radius 2 is 2.08 bits per heavy atom. The summed E-state index contributed by atoms with van der Waals surface area (Å²) in [5.74, 6) is 1.84. The monoisotopic (exact) mass is 344 g/mol. The molecule has 134 valence electrons. The van der Waals surface area contributed by atoms with Crippen LogP contribution in [0.5, 0.6) is 11.6 Å². The molecule has 2 rings (SSSR count). The van der Waals surface area contributed by atoms with E-state index in [1.807, 2.05) is 13.0 Å². The van der Waals surface area contributed by atoms with Gasteiger partial charge in [-0.2, -0.15) is 0 Å². The van der Waals surface area contributed by atoms with E-state index < -0.39 is 0 Å². The second-order valence-corrected chi connectivity index (χ2v) is 6.03. The van der Waals surface area contributed by atoms with E-state index in [2.05, 4.69) is 34.5 Å². The number of hydrogen-bond donors (Lipinski definition) is 2. The number of aliphatic imine (C=N–C) groups is 1. The SMILES string of the molecule is CCNC(=NCc1ccc(Oc2cccc(F)c2)nc1)NCC(C)C. The minimum absolute atomic E-state index is 0.340. The molecule has 25 heavy (non-hydrogen) atoms. The first-order chi connectivity index (χ1) is 12.1. The summed E-state index contributed by atoms with van der Waals surface area (Å²) in [6.45, 7) is 8.52. The van der Waals surface area contributed by atoms with Crippen molar-refractivity contribution in [2.45, 2.75) is 27.3 Å². The van der Waals surface area contributed by atoms with E-state index in [4.69, 9.17) is 4.74 Å². The standard InChI is InChI=1S/C19H25FN4O/c1-4-21-19(23-11-14(2)3)24-13-15-8-9-18(22-12-15)25-17-7-5-6-16(20)10-17/h5-10,12,14H,4,11,13H2,1-3H3,(H2,21,23,24). The molecule has 0 bridgehead atoms. The lowest BCUT2D eigenvalue weighted by molar-refractivity contribution is 0.457. The predicted molar refractivity (Wildman–Crippen MR) is 98.4 cm³/mol. The van der Waals surface area contributed by atoms with Crippen LogP contribution in [0.25, 0.3) is 0 Å². The molecule has 2 aromatic rings. The molecule has 0 fully saturated rings. The van der Waals surface area contributed by atoms with Crippen LogP contribution in [-0.2, 0) is 6.54 Å². The summed E-state index contributed by atoms with van der Waals surface area (Å²) in [6.07, 6.45) is 1.71. The highest BCUT2D eigenvalue weighted by Crippen LogP contribution is 2.20. The molecule has 0 aliphatic rings. The van der Waals surface area contributed by atoms with Gasteiger partial charge in [-0.1, -0.05) is 26.0 Å². The van der Waals surface area contributed by atoms with Crippen LogP contribution in [0.15, 0.2) is 47.6 Å². The predicted octanol–water partition coefficient (Wildman–Crippen LogP) is 3.72. The van der Waals surface area contributed by atoms with Gasteiger partial charge in [0, 0.05) is 31.4 Å². The highest BCUT2D eigenvalue weighted by Gasteiger charge is 2.02. The van der Waals surface area contributed by atoms with Crippen LogP contribution < -0.4 is 15.4 Å². The molecule has 0 atom stereocenters. The van der Waals surface area contributed by atoms with Crippen LogP contribution in [0.3, 0.4) is 0 Å². The number of halogens is 1. The lowest BCUT2D eigenvalue weighted by Crippen LogP contribution is -2.39. The van der Waals surface area contributed by atoms with Gasteiger partial charge in [0.25, 0.3) is 0 Å². The van der Waals surface area contributed by atoms with E-state index in [0.717, 1.165) is 24.6 Å². The fourth-order valence-corrected chi connectivity index (χ4v) is 2.03. The average Bonchev–Trinajstić information content (AvgIpc) is 2.58. The van der Waals surface area contributed by atoms with Gasteiger partial charge in [-0.25, -0.2) is 14.4 Å². The molecule has 0 spiro atoms.